The van der Waals surface area contributed by atoms with Gasteiger partial charge in [0.05, 0.1) is 6.20 Å². The van der Waals surface area contributed by atoms with Crippen LogP contribution < -0.4 is 10.6 Å². The highest BCUT2D eigenvalue weighted by Crippen LogP contribution is 2.11. The maximum atomic E-state index is 13.3. The monoisotopic (exact) mass is 227 g/mol. The van der Waals surface area contributed by atoms with Gasteiger partial charge in [0, 0.05) is 19.6 Å². The van der Waals surface area contributed by atoms with Crippen LogP contribution in [0.2, 0.25) is 0 Å². The minimum atomic E-state index is -0.430. The molecule has 1 aromatic rings. The second-order valence-electron chi connectivity index (χ2n) is 3.65. The molecule has 0 bridgehead atoms. The van der Waals surface area contributed by atoms with Gasteiger partial charge < -0.3 is 15.5 Å². The van der Waals surface area contributed by atoms with E-state index in [-0.39, 0.29) is 5.82 Å². The number of anilines is 2. The zero-order valence-electron chi connectivity index (χ0n) is 9.92. The van der Waals surface area contributed by atoms with Crippen molar-refractivity contribution in [1.29, 1.82) is 0 Å². The molecule has 6 heteroatoms. The average Bonchev–Trinajstić information content (AvgIpc) is 2.22. The van der Waals surface area contributed by atoms with Crippen molar-refractivity contribution in [3.63, 3.8) is 0 Å². The van der Waals surface area contributed by atoms with Gasteiger partial charge in [-0.3, -0.25) is 0 Å². The Morgan fingerprint density at radius 2 is 2.12 bits per heavy atom. The molecule has 0 atom stereocenters. The van der Waals surface area contributed by atoms with Gasteiger partial charge in [0.2, 0.25) is 5.95 Å². The molecule has 0 aliphatic rings. The van der Waals surface area contributed by atoms with Gasteiger partial charge in [0.15, 0.2) is 11.6 Å². The molecule has 0 spiro atoms. The maximum Gasteiger partial charge on any atom is 0.224 e. The van der Waals surface area contributed by atoms with Gasteiger partial charge in [0.1, 0.15) is 0 Å². The lowest BCUT2D eigenvalue weighted by Crippen LogP contribution is -2.21. The molecule has 2 N–H and O–H groups in total. The number of nitrogens with one attached hydrogen (secondary N) is 2. The fraction of sp³-hybridized carbons (Fsp3) is 0.600. The molecule has 0 saturated carbocycles. The maximum absolute atomic E-state index is 13.3. The SMILES string of the molecule is CCNc1ncc(F)c(NCCN(C)C)n1. The molecule has 1 heterocycles. The molecule has 0 aliphatic carbocycles. The third-order valence-corrected chi connectivity index (χ3v) is 1.93. The third-order valence-electron chi connectivity index (χ3n) is 1.93. The summed E-state index contributed by atoms with van der Waals surface area (Å²) in [4.78, 5) is 9.87. The van der Waals surface area contributed by atoms with E-state index in [9.17, 15) is 4.39 Å². The van der Waals surface area contributed by atoms with Gasteiger partial charge in [-0.1, -0.05) is 0 Å². The summed E-state index contributed by atoms with van der Waals surface area (Å²) in [6, 6.07) is 0. The average molecular weight is 227 g/mol. The number of aromatic nitrogens is 2. The van der Waals surface area contributed by atoms with Crippen molar-refractivity contribution in [2.24, 2.45) is 0 Å². The summed E-state index contributed by atoms with van der Waals surface area (Å²) in [5, 5.41) is 5.87. The van der Waals surface area contributed by atoms with Crippen molar-refractivity contribution in [2.45, 2.75) is 6.92 Å². The smallest absolute Gasteiger partial charge is 0.224 e. The van der Waals surface area contributed by atoms with Crippen LogP contribution in [0.4, 0.5) is 16.2 Å². The Kier molecular flexibility index (Phi) is 4.91. The first-order chi connectivity index (χ1) is 7.63. The van der Waals surface area contributed by atoms with Gasteiger partial charge in [-0.25, -0.2) is 9.37 Å². The number of likely N-dealkylation sites (N-methyl/N-ethyl adjacent to an activating group) is 1. The molecule has 0 aromatic carbocycles. The standard InChI is InChI=1S/C10H18FN5/c1-4-12-10-14-7-8(11)9(15-10)13-5-6-16(2)3/h7H,4-6H2,1-3H3,(H2,12,13,14,15). The first-order valence-electron chi connectivity index (χ1n) is 5.28. The van der Waals surface area contributed by atoms with Crippen LogP contribution in [-0.4, -0.2) is 48.6 Å². The molecule has 0 aliphatic heterocycles. The van der Waals surface area contributed by atoms with Crippen LogP contribution in [0.1, 0.15) is 6.92 Å². The van der Waals surface area contributed by atoms with E-state index >= 15 is 0 Å². The van der Waals surface area contributed by atoms with Gasteiger partial charge in [0.25, 0.3) is 0 Å². The second-order valence-corrected chi connectivity index (χ2v) is 3.65. The normalized spacial score (nSPS) is 10.6. The highest BCUT2D eigenvalue weighted by Gasteiger charge is 2.05. The number of hydrogen-bond acceptors (Lipinski definition) is 5. The van der Waals surface area contributed by atoms with Crippen molar-refractivity contribution in [3.05, 3.63) is 12.0 Å². The Bertz CT molecular complexity index is 329. The predicted molar refractivity (Wildman–Crippen MR) is 63.2 cm³/mol. The van der Waals surface area contributed by atoms with E-state index in [1.807, 2.05) is 25.9 Å². The number of rotatable bonds is 6. The first-order valence-corrected chi connectivity index (χ1v) is 5.28. The van der Waals surface area contributed by atoms with Crippen LogP contribution >= 0.6 is 0 Å². The minimum Gasteiger partial charge on any atom is -0.366 e. The summed E-state index contributed by atoms with van der Waals surface area (Å²) in [5.74, 6) is 0.254. The second kappa shape index (κ2) is 6.22. The molecular weight excluding hydrogens is 209 g/mol. The Labute approximate surface area is 95.1 Å². The van der Waals surface area contributed by atoms with Crippen LogP contribution in [0, 0.1) is 5.82 Å². The summed E-state index contributed by atoms with van der Waals surface area (Å²) in [7, 11) is 3.92. The summed E-state index contributed by atoms with van der Waals surface area (Å²) in [6.45, 7) is 4.11. The highest BCUT2D eigenvalue weighted by atomic mass is 19.1. The molecule has 0 fully saturated rings. The first kappa shape index (κ1) is 12.6. The van der Waals surface area contributed by atoms with E-state index in [1.165, 1.54) is 6.20 Å². The van der Waals surface area contributed by atoms with E-state index in [0.29, 0.717) is 19.0 Å². The topological polar surface area (TPSA) is 53.1 Å². The van der Waals surface area contributed by atoms with E-state index < -0.39 is 5.82 Å². The number of hydrogen-bond donors (Lipinski definition) is 2. The highest BCUT2D eigenvalue weighted by molar-refractivity contribution is 5.40. The Balaban J connectivity index is 2.59. The number of nitrogens with zero attached hydrogens (tertiary/aromatic N) is 3. The largest absolute Gasteiger partial charge is 0.366 e. The lowest BCUT2D eigenvalue weighted by Gasteiger charge is -2.11. The van der Waals surface area contributed by atoms with Crippen molar-refractivity contribution < 1.29 is 4.39 Å². The molecule has 0 unspecified atom stereocenters. The van der Waals surface area contributed by atoms with Crippen molar-refractivity contribution in [3.8, 4) is 0 Å². The van der Waals surface area contributed by atoms with E-state index in [2.05, 4.69) is 20.6 Å². The predicted octanol–water partition coefficient (Wildman–Crippen LogP) is 1.02. The van der Waals surface area contributed by atoms with Gasteiger partial charge in [-0.2, -0.15) is 4.98 Å². The molecule has 0 saturated heterocycles. The minimum absolute atomic E-state index is 0.243. The molecule has 1 rings (SSSR count). The molecule has 0 radical (unpaired) electrons. The van der Waals surface area contributed by atoms with Gasteiger partial charge in [-0.05, 0) is 21.0 Å². The zero-order valence-corrected chi connectivity index (χ0v) is 9.92. The third kappa shape index (κ3) is 3.98. The fourth-order valence-corrected chi connectivity index (χ4v) is 1.13. The lowest BCUT2D eigenvalue weighted by atomic mass is 10.5. The molecule has 5 nitrogen and oxygen atoms in total. The molecule has 16 heavy (non-hydrogen) atoms. The van der Waals surface area contributed by atoms with Crippen LogP contribution in [0.15, 0.2) is 6.20 Å². The molecule has 1 aromatic heterocycles. The van der Waals surface area contributed by atoms with Crippen LogP contribution in [-0.2, 0) is 0 Å². The van der Waals surface area contributed by atoms with Gasteiger partial charge in [-0.15, -0.1) is 0 Å². The summed E-state index contributed by atoms with van der Waals surface area (Å²) < 4.78 is 13.3. The molecular formula is C10H18FN5. The summed E-state index contributed by atoms with van der Waals surface area (Å²) >= 11 is 0. The van der Waals surface area contributed by atoms with E-state index in [0.717, 1.165) is 6.54 Å². The van der Waals surface area contributed by atoms with Crippen LogP contribution in [0.25, 0.3) is 0 Å². The molecule has 90 valence electrons. The summed E-state index contributed by atoms with van der Waals surface area (Å²) in [6.07, 6.45) is 1.17. The quantitative estimate of drug-likeness (QED) is 0.760. The Morgan fingerprint density at radius 3 is 2.75 bits per heavy atom. The van der Waals surface area contributed by atoms with Gasteiger partial charge >= 0.3 is 0 Å². The van der Waals surface area contributed by atoms with Crippen LogP contribution in [0.3, 0.4) is 0 Å². The molecule has 0 amide bonds. The van der Waals surface area contributed by atoms with Crippen molar-refractivity contribution in [2.75, 3.05) is 44.4 Å². The summed E-state index contributed by atoms with van der Waals surface area (Å²) in [5.41, 5.74) is 0. The van der Waals surface area contributed by atoms with Crippen molar-refractivity contribution >= 4 is 11.8 Å². The zero-order chi connectivity index (χ0) is 12.0. The number of halogens is 1. The Morgan fingerprint density at radius 1 is 1.38 bits per heavy atom. The van der Waals surface area contributed by atoms with E-state index in [4.69, 9.17) is 0 Å². The van der Waals surface area contributed by atoms with Crippen LogP contribution in [0.5, 0.6) is 0 Å². The van der Waals surface area contributed by atoms with Crippen molar-refractivity contribution in [1.82, 2.24) is 14.9 Å². The van der Waals surface area contributed by atoms with E-state index in [1.54, 1.807) is 0 Å². The Hall–Kier alpha value is -1.43. The fourth-order valence-electron chi connectivity index (χ4n) is 1.13. The lowest BCUT2D eigenvalue weighted by molar-refractivity contribution is 0.424.